The van der Waals surface area contributed by atoms with E-state index in [0.717, 1.165) is 10.9 Å². The highest BCUT2D eigenvalue weighted by atomic mass is 16.3. The number of rotatable bonds is 4. The molecule has 0 bridgehead atoms. The molecule has 18 heavy (non-hydrogen) atoms. The minimum atomic E-state index is -0.497. The van der Waals surface area contributed by atoms with Crippen molar-refractivity contribution in [2.24, 2.45) is 0 Å². The van der Waals surface area contributed by atoms with Crippen LogP contribution in [-0.2, 0) is 0 Å². The number of fused-ring (bicyclic) bond motifs is 1. The molecule has 0 radical (unpaired) electrons. The van der Waals surface area contributed by atoms with Gasteiger partial charge in [-0.15, -0.1) is 0 Å². The smallest absolute Gasteiger partial charge is 0.103 e. The summed E-state index contributed by atoms with van der Waals surface area (Å²) in [5.74, 6) is 0. The van der Waals surface area contributed by atoms with Crippen molar-refractivity contribution < 1.29 is 10.2 Å². The van der Waals surface area contributed by atoms with Gasteiger partial charge >= 0.3 is 0 Å². The fraction of sp³-hybridized carbons (Fsp3) is 0.231. The molecule has 5 nitrogen and oxygen atoms in total. The van der Waals surface area contributed by atoms with Crippen molar-refractivity contribution in [2.45, 2.75) is 6.04 Å². The molecule has 1 aromatic carbocycles. The maximum atomic E-state index is 9.10. The van der Waals surface area contributed by atoms with Crippen molar-refractivity contribution in [3.05, 3.63) is 36.0 Å². The molecule has 0 fully saturated rings. The highest BCUT2D eigenvalue weighted by Gasteiger charge is 2.12. The van der Waals surface area contributed by atoms with E-state index in [4.69, 9.17) is 15.5 Å². The summed E-state index contributed by atoms with van der Waals surface area (Å²) in [6.07, 6.45) is 1.48. The second-order valence-electron chi connectivity index (χ2n) is 3.88. The van der Waals surface area contributed by atoms with Gasteiger partial charge in [0.25, 0.3) is 0 Å². The van der Waals surface area contributed by atoms with Crippen LogP contribution in [0.5, 0.6) is 0 Å². The van der Waals surface area contributed by atoms with E-state index in [0.29, 0.717) is 11.3 Å². The number of pyridine rings is 1. The fourth-order valence-corrected chi connectivity index (χ4v) is 1.73. The highest BCUT2D eigenvalue weighted by molar-refractivity contribution is 5.93. The Morgan fingerprint density at radius 3 is 2.67 bits per heavy atom. The molecule has 0 aliphatic heterocycles. The molecule has 0 atom stereocenters. The molecule has 3 N–H and O–H groups in total. The van der Waals surface area contributed by atoms with Gasteiger partial charge in [0.2, 0.25) is 0 Å². The zero-order valence-corrected chi connectivity index (χ0v) is 9.67. The highest BCUT2D eigenvalue weighted by Crippen LogP contribution is 2.25. The van der Waals surface area contributed by atoms with Gasteiger partial charge in [0.15, 0.2) is 0 Å². The van der Waals surface area contributed by atoms with Crippen LogP contribution in [0.15, 0.2) is 30.5 Å². The fourth-order valence-electron chi connectivity index (χ4n) is 1.73. The Morgan fingerprint density at radius 1 is 1.28 bits per heavy atom. The quantitative estimate of drug-likeness (QED) is 0.741. The van der Waals surface area contributed by atoms with Gasteiger partial charge in [-0.05, 0) is 6.07 Å². The molecule has 0 aliphatic carbocycles. The van der Waals surface area contributed by atoms with E-state index in [2.05, 4.69) is 16.4 Å². The third kappa shape index (κ3) is 2.25. The largest absolute Gasteiger partial charge is 0.394 e. The second kappa shape index (κ2) is 5.45. The Balaban J connectivity index is 2.55. The lowest BCUT2D eigenvalue weighted by atomic mass is 10.1. The molecule has 5 heteroatoms. The molecule has 1 aromatic heterocycles. The number of aliphatic hydroxyl groups is 2. The number of hydrogen-bond donors (Lipinski definition) is 3. The first-order chi connectivity index (χ1) is 8.80. The Kier molecular flexibility index (Phi) is 3.72. The van der Waals surface area contributed by atoms with E-state index >= 15 is 0 Å². The summed E-state index contributed by atoms with van der Waals surface area (Å²) in [4.78, 5) is 4.18. The maximum absolute atomic E-state index is 9.10. The predicted octanol–water partition coefficient (Wildman–Crippen LogP) is 0.872. The average Bonchev–Trinajstić information content (AvgIpc) is 2.44. The topological polar surface area (TPSA) is 89.2 Å². The van der Waals surface area contributed by atoms with Crippen molar-refractivity contribution >= 4 is 16.6 Å². The van der Waals surface area contributed by atoms with Gasteiger partial charge in [-0.2, -0.15) is 5.26 Å². The number of anilines is 1. The third-order valence-electron chi connectivity index (χ3n) is 2.69. The first-order valence-electron chi connectivity index (χ1n) is 5.56. The van der Waals surface area contributed by atoms with Gasteiger partial charge in [-0.1, -0.05) is 18.2 Å². The maximum Gasteiger partial charge on any atom is 0.103 e. The Morgan fingerprint density at radius 2 is 2.00 bits per heavy atom. The third-order valence-corrected chi connectivity index (χ3v) is 2.69. The van der Waals surface area contributed by atoms with E-state index in [9.17, 15) is 0 Å². The number of nitrogens with zero attached hydrogens (tertiary/aromatic N) is 2. The van der Waals surface area contributed by atoms with Gasteiger partial charge in [-0.25, -0.2) is 0 Å². The molecule has 0 amide bonds. The van der Waals surface area contributed by atoms with Crippen molar-refractivity contribution in [3.8, 4) is 6.07 Å². The van der Waals surface area contributed by atoms with Crippen LogP contribution in [0.25, 0.3) is 10.9 Å². The predicted molar refractivity (Wildman–Crippen MR) is 68.0 cm³/mol. The standard InChI is InChI=1S/C13H13N3O2/c14-5-9-6-15-12-4-2-1-3-11(12)13(9)16-10(7-17)8-18/h1-4,6,10,17-18H,7-8H2,(H,15,16). The lowest BCUT2D eigenvalue weighted by molar-refractivity contribution is 0.204. The number of hydrogen-bond acceptors (Lipinski definition) is 5. The molecule has 2 rings (SSSR count). The van der Waals surface area contributed by atoms with Crippen LogP contribution in [-0.4, -0.2) is 34.5 Å². The first-order valence-corrected chi connectivity index (χ1v) is 5.56. The number of para-hydroxylation sites is 1. The van der Waals surface area contributed by atoms with E-state index in [1.54, 1.807) is 0 Å². The summed E-state index contributed by atoms with van der Waals surface area (Å²) in [6, 6.07) is 8.95. The number of benzene rings is 1. The Bertz CT molecular complexity index is 588. The summed E-state index contributed by atoms with van der Waals surface area (Å²) < 4.78 is 0. The molecule has 0 saturated carbocycles. The first kappa shape index (κ1) is 12.3. The van der Waals surface area contributed by atoms with E-state index < -0.39 is 6.04 Å². The zero-order chi connectivity index (χ0) is 13.0. The molecule has 0 saturated heterocycles. The minimum Gasteiger partial charge on any atom is -0.394 e. The molecule has 0 aliphatic rings. The SMILES string of the molecule is N#Cc1cnc2ccccc2c1NC(CO)CO. The summed E-state index contributed by atoms with van der Waals surface area (Å²) in [5.41, 5.74) is 1.74. The molecule has 0 unspecified atom stereocenters. The van der Waals surface area contributed by atoms with Crippen LogP contribution in [0, 0.1) is 11.3 Å². The Hall–Kier alpha value is -2.16. The number of nitrogens with one attached hydrogen (secondary N) is 1. The Labute approximate surface area is 104 Å². The average molecular weight is 243 g/mol. The van der Waals surface area contributed by atoms with Gasteiger partial charge < -0.3 is 15.5 Å². The normalized spacial score (nSPS) is 10.6. The second-order valence-corrected chi connectivity index (χ2v) is 3.88. The number of aromatic nitrogens is 1. The van der Waals surface area contributed by atoms with Gasteiger partial charge in [0, 0.05) is 11.6 Å². The summed E-state index contributed by atoms with van der Waals surface area (Å²) >= 11 is 0. The van der Waals surface area contributed by atoms with Crippen LogP contribution in [0.2, 0.25) is 0 Å². The minimum absolute atomic E-state index is 0.210. The van der Waals surface area contributed by atoms with Crippen molar-refractivity contribution in [1.82, 2.24) is 4.98 Å². The molecule has 1 heterocycles. The van der Waals surface area contributed by atoms with Crippen LogP contribution in [0.4, 0.5) is 5.69 Å². The van der Waals surface area contributed by atoms with Crippen molar-refractivity contribution in [2.75, 3.05) is 18.5 Å². The van der Waals surface area contributed by atoms with E-state index in [-0.39, 0.29) is 13.2 Å². The van der Waals surface area contributed by atoms with Gasteiger partial charge in [0.05, 0.1) is 36.0 Å². The zero-order valence-electron chi connectivity index (χ0n) is 9.67. The van der Waals surface area contributed by atoms with Crippen LogP contribution >= 0.6 is 0 Å². The summed E-state index contributed by atoms with van der Waals surface area (Å²) in [5, 5.41) is 31.1. The molecule has 2 aromatic rings. The van der Waals surface area contributed by atoms with Crippen molar-refractivity contribution in [3.63, 3.8) is 0 Å². The lowest BCUT2D eigenvalue weighted by Gasteiger charge is -2.17. The van der Waals surface area contributed by atoms with Crippen LogP contribution in [0.1, 0.15) is 5.56 Å². The summed E-state index contributed by atoms with van der Waals surface area (Å²) in [6.45, 7) is -0.421. The van der Waals surface area contributed by atoms with Gasteiger partial charge in [-0.3, -0.25) is 4.98 Å². The number of nitriles is 1. The monoisotopic (exact) mass is 243 g/mol. The van der Waals surface area contributed by atoms with E-state index in [1.165, 1.54) is 6.20 Å². The molecular weight excluding hydrogens is 230 g/mol. The van der Waals surface area contributed by atoms with E-state index in [1.807, 2.05) is 24.3 Å². The number of aliphatic hydroxyl groups excluding tert-OH is 2. The molecular formula is C13H13N3O2. The molecule has 92 valence electrons. The van der Waals surface area contributed by atoms with Crippen LogP contribution in [0.3, 0.4) is 0 Å². The summed E-state index contributed by atoms with van der Waals surface area (Å²) in [7, 11) is 0. The van der Waals surface area contributed by atoms with Crippen molar-refractivity contribution in [1.29, 1.82) is 5.26 Å². The lowest BCUT2D eigenvalue weighted by Crippen LogP contribution is -2.28. The van der Waals surface area contributed by atoms with Crippen LogP contribution < -0.4 is 5.32 Å². The molecule has 0 spiro atoms. The van der Waals surface area contributed by atoms with Gasteiger partial charge in [0.1, 0.15) is 6.07 Å².